The van der Waals surface area contributed by atoms with Gasteiger partial charge in [-0.15, -0.1) is 0 Å². The first kappa shape index (κ1) is 18.9. The van der Waals surface area contributed by atoms with Crippen molar-refractivity contribution in [1.29, 1.82) is 0 Å². The first-order valence-corrected chi connectivity index (χ1v) is 8.67. The summed E-state index contributed by atoms with van der Waals surface area (Å²) < 4.78 is 9.87. The van der Waals surface area contributed by atoms with Gasteiger partial charge >= 0.3 is 5.97 Å². The summed E-state index contributed by atoms with van der Waals surface area (Å²) >= 11 is 0. The van der Waals surface area contributed by atoms with Gasteiger partial charge in [0, 0.05) is 38.4 Å². The van der Waals surface area contributed by atoms with Crippen molar-refractivity contribution in [3.8, 4) is 5.75 Å². The number of methoxy groups -OCH3 is 2. The Kier molecular flexibility index (Phi) is 7.37. The van der Waals surface area contributed by atoms with Crippen molar-refractivity contribution in [3.63, 3.8) is 0 Å². The Hall–Kier alpha value is -2.44. The Balaban J connectivity index is 1.90. The lowest BCUT2D eigenvalue weighted by Crippen LogP contribution is -2.52. The standard InChI is InChI=1S/C18H28N4O3/c1-4-19-18(20-10-9-17(23)25-3)22-13-11-21(12-14-22)15-5-7-16(24-2)8-6-15/h5-8H,4,9-14H2,1-3H3,(H,19,20). The first-order chi connectivity index (χ1) is 12.2. The van der Waals surface area contributed by atoms with E-state index in [1.54, 1.807) is 7.11 Å². The normalized spacial score (nSPS) is 15.1. The maximum absolute atomic E-state index is 11.2. The fraction of sp³-hybridized carbons (Fsp3) is 0.556. The van der Waals surface area contributed by atoms with E-state index in [0.717, 1.165) is 44.4 Å². The van der Waals surface area contributed by atoms with E-state index in [1.165, 1.54) is 12.8 Å². The number of nitrogens with one attached hydrogen (secondary N) is 1. The molecule has 0 aromatic heterocycles. The van der Waals surface area contributed by atoms with Gasteiger partial charge in [-0.25, -0.2) is 0 Å². The molecule has 0 radical (unpaired) electrons. The molecule has 2 rings (SSSR count). The Labute approximate surface area is 149 Å². The molecule has 138 valence electrons. The van der Waals surface area contributed by atoms with Gasteiger partial charge in [0.2, 0.25) is 0 Å². The zero-order valence-corrected chi connectivity index (χ0v) is 15.3. The number of hydrogen-bond donors (Lipinski definition) is 1. The lowest BCUT2D eigenvalue weighted by Gasteiger charge is -2.37. The van der Waals surface area contributed by atoms with Crippen LogP contribution < -0.4 is 15.0 Å². The Morgan fingerprint density at radius 2 is 1.84 bits per heavy atom. The molecular weight excluding hydrogens is 320 g/mol. The van der Waals surface area contributed by atoms with Crippen LogP contribution in [-0.4, -0.2) is 70.3 Å². The molecule has 0 spiro atoms. The van der Waals surface area contributed by atoms with Crippen LogP contribution in [0, 0.1) is 0 Å². The highest BCUT2D eigenvalue weighted by Gasteiger charge is 2.19. The second-order valence-electron chi connectivity index (χ2n) is 5.73. The van der Waals surface area contributed by atoms with E-state index in [-0.39, 0.29) is 5.97 Å². The molecule has 0 unspecified atom stereocenters. The summed E-state index contributed by atoms with van der Waals surface area (Å²) in [6.45, 7) is 6.90. The molecule has 1 saturated heterocycles. The van der Waals surface area contributed by atoms with Crippen LogP contribution in [0.5, 0.6) is 5.75 Å². The fourth-order valence-corrected chi connectivity index (χ4v) is 2.75. The number of guanidine groups is 1. The zero-order chi connectivity index (χ0) is 18.1. The first-order valence-electron chi connectivity index (χ1n) is 8.67. The molecule has 0 atom stereocenters. The predicted molar refractivity (Wildman–Crippen MR) is 99.4 cm³/mol. The van der Waals surface area contributed by atoms with Crippen LogP contribution >= 0.6 is 0 Å². The molecular formula is C18H28N4O3. The Morgan fingerprint density at radius 1 is 1.16 bits per heavy atom. The number of carbonyl (C=O) groups is 1. The highest BCUT2D eigenvalue weighted by atomic mass is 16.5. The Morgan fingerprint density at radius 3 is 2.40 bits per heavy atom. The highest BCUT2D eigenvalue weighted by Crippen LogP contribution is 2.20. The topological polar surface area (TPSA) is 66.4 Å². The van der Waals surface area contributed by atoms with Crippen molar-refractivity contribution >= 4 is 17.6 Å². The van der Waals surface area contributed by atoms with Crippen molar-refractivity contribution in [3.05, 3.63) is 24.3 Å². The molecule has 1 aromatic carbocycles. The molecule has 0 saturated carbocycles. The van der Waals surface area contributed by atoms with E-state index in [2.05, 4.69) is 37.0 Å². The van der Waals surface area contributed by atoms with Crippen LogP contribution in [0.25, 0.3) is 0 Å². The number of esters is 1. The summed E-state index contributed by atoms with van der Waals surface area (Å²) in [7, 11) is 3.07. The molecule has 1 aromatic rings. The second-order valence-corrected chi connectivity index (χ2v) is 5.73. The van der Waals surface area contributed by atoms with Crippen LogP contribution in [0.3, 0.4) is 0 Å². The lowest BCUT2D eigenvalue weighted by atomic mass is 10.2. The van der Waals surface area contributed by atoms with Gasteiger partial charge in [0.05, 0.1) is 27.2 Å². The van der Waals surface area contributed by atoms with Gasteiger partial charge in [-0.1, -0.05) is 0 Å². The largest absolute Gasteiger partial charge is 0.497 e. The van der Waals surface area contributed by atoms with Crippen LogP contribution in [0.15, 0.2) is 29.3 Å². The molecule has 1 heterocycles. The third kappa shape index (κ3) is 5.55. The van der Waals surface area contributed by atoms with Crippen LogP contribution in [0.1, 0.15) is 13.3 Å². The van der Waals surface area contributed by atoms with E-state index < -0.39 is 0 Å². The third-order valence-electron chi connectivity index (χ3n) is 4.16. The summed E-state index contributed by atoms with van der Waals surface area (Å²) in [6.07, 6.45) is 0.303. The molecule has 0 aliphatic carbocycles. The number of piperazine rings is 1. The molecule has 25 heavy (non-hydrogen) atoms. The number of rotatable bonds is 6. The average Bonchev–Trinajstić information content (AvgIpc) is 2.67. The minimum atomic E-state index is -0.232. The molecule has 7 nitrogen and oxygen atoms in total. The van der Waals surface area contributed by atoms with Gasteiger partial charge in [-0.3, -0.25) is 9.79 Å². The van der Waals surface area contributed by atoms with Gasteiger partial charge < -0.3 is 24.6 Å². The smallest absolute Gasteiger partial charge is 0.307 e. The Bertz CT molecular complexity index is 566. The van der Waals surface area contributed by atoms with E-state index >= 15 is 0 Å². The van der Waals surface area contributed by atoms with Crippen LogP contribution in [0.4, 0.5) is 5.69 Å². The number of benzene rings is 1. The second kappa shape index (κ2) is 9.76. The highest BCUT2D eigenvalue weighted by molar-refractivity contribution is 5.80. The van der Waals surface area contributed by atoms with Gasteiger partial charge in [0.15, 0.2) is 5.96 Å². The number of carbonyl (C=O) groups excluding carboxylic acids is 1. The van der Waals surface area contributed by atoms with Crippen LogP contribution in [-0.2, 0) is 9.53 Å². The van der Waals surface area contributed by atoms with Crippen molar-refractivity contribution in [1.82, 2.24) is 10.2 Å². The van der Waals surface area contributed by atoms with Gasteiger partial charge in [0.25, 0.3) is 0 Å². The molecule has 7 heteroatoms. The van der Waals surface area contributed by atoms with E-state index in [4.69, 9.17) is 4.74 Å². The third-order valence-corrected chi connectivity index (χ3v) is 4.16. The number of nitrogens with zero attached hydrogens (tertiary/aromatic N) is 3. The van der Waals surface area contributed by atoms with Crippen LogP contribution in [0.2, 0.25) is 0 Å². The van der Waals surface area contributed by atoms with E-state index in [0.29, 0.717) is 13.0 Å². The molecule has 1 fully saturated rings. The van der Waals surface area contributed by atoms with Crippen molar-refractivity contribution in [2.24, 2.45) is 4.99 Å². The fourth-order valence-electron chi connectivity index (χ4n) is 2.75. The summed E-state index contributed by atoms with van der Waals surface area (Å²) in [5.74, 6) is 1.50. The maximum atomic E-state index is 11.2. The van der Waals surface area contributed by atoms with E-state index in [1.807, 2.05) is 19.1 Å². The van der Waals surface area contributed by atoms with Gasteiger partial charge in [-0.2, -0.15) is 0 Å². The average molecular weight is 348 g/mol. The summed E-state index contributed by atoms with van der Waals surface area (Å²) in [6, 6.07) is 8.15. The van der Waals surface area contributed by atoms with E-state index in [9.17, 15) is 4.79 Å². The number of anilines is 1. The van der Waals surface area contributed by atoms with Crippen molar-refractivity contribution in [2.75, 3.05) is 58.4 Å². The SMILES string of the molecule is CCNC(=NCCC(=O)OC)N1CCN(c2ccc(OC)cc2)CC1. The minimum absolute atomic E-state index is 0.232. The monoisotopic (exact) mass is 348 g/mol. The minimum Gasteiger partial charge on any atom is -0.497 e. The molecule has 1 N–H and O–H groups in total. The summed E-state index contributed by atoms with van der Waals surface area (Å²) in [4.78, 5) is 20.4. The lowest BCUT2D eigenvalue weighted by molar-refractivity contribution is -0.140. The number of ether oxygens (including phenoxy) is 2. The summed E-state index contributed by atoms with van der Waals surface area (Å²) in [5, 5.41) is 3.30. The molecule has 0 bridgehead atoms. The zero-order valence-electron chi connectivity index (χ0n) is 15.3. The van der Waals surface area contributed by atoms with Crippen molar-refractivity contribution < 1.29 is 14.3 Å². The summed E-state index contributed by atoms with van der Waals surface area (Å²) in [5.41, 5.74) is 1.20. The molecule has 0 amide bonds. The maximum Gasteiger partial charge on any atom is 0.307 e. The van der Waals surface area contributed by atoms with Gasteiger partial charge in [-0.05, 0) is 31.2 Å². The number of aliphatic imine (C=N–C) groups is 1. The molecule has 1 aliphatic rings. The van der Waals surface area contributed by atoms with Crippen molar-refractivity contribution in [2.45, 2.75) is 13.3 Å². The molecule has 1 aliphatic heterocycles. The van der Waals surface area contributed by atoms with Gasteiger partial charge in [0.1, 0.15) is 5.75 Å². The quantitative estimate of drug-likeness (QED) is 0.475. The predicted octanol–water partition coefficient (Wildman–Crippen LogP) is 1.35. The number of hydrogen-bond acceptors (Lipinski definition) is 5.